The monoisotopic (exact) mass is 404 g/mol. The second-order valence-electron chi connectivity index (χ2n) is 6.02. The van der Waals surface area contributed by atoms with Crippen LogP contribution in [-0.2, 0) is 4.74 Å². The molecule has 3 heterocycles. The first-order chi connectivity index (χ1) is 14.2. The third-order valence-electron chi connectivity index (χ3n) is 4.15. The van der Waals surface area contributed by atoms with Crippen molar-refractivity contribution in [3.05, 3.63) is 71.5 Å². The largest absolute Gasteiger partial charge is 0.461 e. The molecule has 7 nitrogen and oxygen atoms in total. The average Bonchev–Trinajstić information content (AvgIpc) is 3.22. The molecule has 3 aromatic heterocycles. The number of carbonyl (C=O) groups is 2. The summed E-state index contributed by atoms with van der Waals surface area (Å²) in [7, 11) is 0. The van der Waals surface area contributed by atoms with Gasteiger partial charge < -0.3 is 4.74 Å². The fraction of sp³-hybridized carbons (Fsp3) is 0.0952. The van der Waals surface area contributed by atoms with Crippen molar-refractivity contribution in [2.24, 2.45) is 0 Å². The molecule has 0 saturated heterocycles. The summed E-state index contributed by atoms with van der Waals surface area (Å²) >= 11 is 1.16. The molecule has 0 radical (unpaired) electrons. The van der Waals surface area contributed by atoms with Gasteiger partial charge in [0.25, 0.3) is 5.91 Å². The first-order valence-electron chi connectivity index (χ1n) is 8.90. The number of carbonyl (C=O) groups excluding carboxylic acids is 2. The van der Waals surface area contributed by atoms with Gasteiger partial charge in [0.2, 0.25) is 0 Å². The van der Waals surface area contributed by atoms with Crippen molar-refractivity contribution in [2.75, 3.05) is 11.9 Å². The number of nitrogens with zero attached hydrogens (tertiary/aromatic N) is 3. The van der Waals surface area contributed by atoms with Gasteiger partial charge in [-0.15, -0.1) is 11.3 Å². The zero-order valence-electron chi connectivity index (χ0n) is 15.5. The van der Waals surface area contributed by atoms with Crippen molar-refractivity contribution >= 4 is 39.2 Å². The summed E-state index contributed by atoms with van der Waals surface area (Å²) in [6, 6.07) is 12.9. The standard InChI is InChI=1S/C21H16N4O3S/c1-2-28-20(27)18-12-29-21(24-18)25-19(26)15-11-17(13-7-9-22-10-8-13)23-16-6-4-3-5-14(15)16/h3-12H,2H2,1H3,(H,24,25,26). The van der Waals surface area contributed by atoms with E-state index in [4.69, 9.17) is 4.74 Å². The van der Waals surface area contributed by atoms with Crippen LogP contribution in [0, 0.1) is 0 Å². The second-order valence-corrected chi connectivity index (χ2v) is 6.88. The summed E-state index contributed by atoms with van der Waals surface area (Å²) in [5, 5.41) is 5.37. The zero-order chi connectivity index (χ0) is 20.2. The van der Waals surface area contributed by atoms with Gasteiger partial charge in [-0.05, 0) is 31.2 Å². The van der Waals surface area contributed by atoms with Gasteiger partial charge in [-0.3, -0.25) is 15.1 Å². The quantitative estimate of drug-likeness (QED) is 0.502. The predicted molar refractivity (Wildman–Crippen MR) is 111 cm³/mol. The summed E-state index contributed by atoms with van der Waals surface area (Å²) in [6.07, 6.45) is 3.36. The third-order valence-corrected chi connectivity index (χ3v) is 4.90. The number of aromatic nitrogens is 3. The SMILES string of the molecule is CCOC(=O)c1csc(NC(=O)c2cc(-c3ccncc3)nc3ccccc23)n1. The van der Waals surface area contributed by atoms with Gasteiger partial charge in [-0.1, -0.05) is 18.2 Å². The molecule has 0 aliphatic carbocycles. The van der Waals surface area contributed by atoms with Crippen LogP contribution in [-0.4, -0.2) is 33.4 Å². The summed E-state index contributed by atoms with van der Waals surface area (Å²) in [5.41, 5.74) is 2.87. The van der Waals surface area contributed by atoms with Crippen LogP contribution in [0.1, 0.15) is 27.8 Å². The van der Waals surface area contributed by atoms with E-state index >= 15 is 0 Å². The molecule has 0 saturated carbocycles. The molecule has 4 aromatic rings. The number of nitrogens with one attached hydrogen (secondary N) is 1. The fourth-order valence-electron chi connectivity index (χ4n) is 2.83. The molecule has 1 N–H and O–H groups in total. The molecule has 4 rings (SSSR count). The van der Waals surface area contributed by atoms with Gasteiger partial charge in [-0.25, -0.2) is 14.8 Å². The molecule has 0 unspecified atom stereocenters. The van der Waals surface area contributed by atoms with Gasteiger partial charge >= 0.3 is 5.97 Å². The highest BCUT2D eigenvalue weighted by molar-refractivity contribution is 7.14. The maximum atomic E-state index is 13.0. The van der Waals surface area contributed by atoms with E-state index in [9.17, 15) is 9.59 Å². The number of fused-ring (bicyclic) bond motifs is 1. The highest BCUT2D eigenvalue weighted by Crippen LogP contribution is 2.26. The Hall–Kier alpha value is -3.65. The Morgan fingerprint density at radius 2 is 1.90 bits per heavy atom. The van der Waals surface area contributed by atoms with E-state index in [1.54, 1.807) is 30.8 Å². The van der Waals surface area contributed by atoms with Crippen LogP contribution >= 0.6 is 11.3 Å². The number of hydrogen-bond acceptors (Lipinski definition) is 7. The number of esters is 1. The molecule has 0 aliphatic rings. The fourth-order valence-corrected chi connectivity index (χ4v) is 3.50. The molecule has 0 aliphatic heterocycles. The number of pyridine rings is 2. The van der Waals surface area contributed by atoms with Gasteiger partial charge in [0.1, 0.15) is 0 Å². The van der Waals surface area contributed by atoms with Crippen LogP contribution in [0.2, 0.25) is 0 Å². The molecular weight excluding hydrogens is 388 g/mol. The predicted octanol–water partition coefficient (Wildman–Crippen LogP) is 4.18. The topological polar surface area (TPSA) is 94.1 Å². The van der Waals surface area contributed by atoms with Gasteiger partial charge in [0, 0.05) is 28.7 Å². The Balaban J connectivity index is 1.69. The summed E-state index contributed by atoms with van der Waals surface area (Å²) in [6.45, 7) is 1.99. The lowest BCUT2D eigenvalue weighted by Crippen LogP contribution is -2.13. The number of para-hydroxylation sites is 1. The van der Waals surface area contributed by atoms with E-state index in [0.29, 0.717) is 21.9 Å². The lowest BCUT2D eigenvalue weighted by Gasteiger charge is -2.09. The van der Waals surface area contributed by atoms with Crippen LogP contribution in [0.15, 0.2) is 60.2 Å². The number of amides is 1. The molecular formula is C21H16N4O3S. The Kier molecular flexibility index (Phi) is 5.26. The van der Waals surface area contributed by atoms with Crippen LogP contribution in [0.3, 0.4) is 0 Å². The molecule has 0 bridgehead atoms. The highest BCUT2D eigenvalue weighted by atomic mass is 32.1. The molecule has 144 valence electrons. The minimum atomic E-state index is -0.515. The van der Waals surface area contributed by atoms with E-state index < -0.39 is 5.97 Å². The zero-order valence-corrected chi connectivity index (χ0v) is 16.3. The van der Waals surface area contributed by atoms with Crippen LogP contribution in [0.5, 0.6) is 0 Å². The van der Waals surface area contributed by atoms with Crippen molar-refractivity contribution in [3.63, 3.8) is 0 Å². The van der Waals surface area contributed by atoms with Crippen molar-refractivity contribution < 1.29 is 14.3 Å². The van der Waals surface area contributed by atoms with Gasteiger partial charge in [-0.2, -0.15) is 0 Å². The number of thiazole rings is 1. The molecule has 29 heavy (non-hydrogen) atoms. The number of anilines is 1. The van der Waals surface area contributed by atoms with E-state index in [0.717, 1.165) is 22.3 Å². The van der Waals surface area contributed by atoms with Crippen LogP contribution < -0.4 is 5.32 Å². The molecule has 0 fully saturated rings. The van der Waals surface area contributed by atoms with E-state index in [1.807, 2.05) is 36.4 Å². The first-order valence-corrected chi connectivity index (χ1v) is 9.78. The third kappa shape index (κ3) is 3.97. The van der Waals surface area contributed by atoms with Crippen molar-refractivity contribution in [1.82, 2.24) is 15.0 Å². The maximum absolute atomic E-state index is 13.0. The number of benzene rings is 1. The van der Waals surface area contributed by atoms with E-state index in [2.05, 4.69) is 20.3 Å². The molecule has 8 heteroatoms. The van der Waals surface area contributed by atoms with Crippen molar-refractivity contribution in [1.29, 1.82) is 0 Å². The molecule has 1 aromatic carbocycles. The molecule has 0 atom stereocenters. The smallest absolute Gasteiger partial charge is 0.357 e. The normalized spacial score (nSPS) is 10.7. The summed E-state index contributed by atoms with van der Waals surface area (Å²) in [4.78, 5) is 37.6. The summed E-state index contributed by atoms with van der Waals surface area (Å²) < 4.78 is 4.93. The maximum Gasteiger partial charge on any atom is 0.357 e. The van der Waals surface area contributed by atoms with Crippen LogP contribution in [0.4, 0.5) is 5.13 Å². The highest BCUT2D eigenvalue weighted by Gasteiger charge is 2.17. The van der Waals surface area contributed by atoms with Gasteiger partial charge in [0.15, 0.2) is 10.8 Å². The lowest BCUT2D eigenvalue weighted by molar-refractivity contribution is 0.0520. The van der Waals surface area contributed by atoms with Crippen LogP contribution in [0.25, 0.3) is 22.2 Å². The lowest BCUT2D eigenvalue weighted by atomic mass is 10.0. The average molecular weight is 404 g/mol. The number of hydrogen-bond donors (Lipinski definition) is 1. The van der Waals surface area contributed by atoms with Crippen molar-refractivity contribution in [2.45, 2.75) is 6.92 Å². The Morgan fingerprint density at radius 1 is 1.10 bits per heavy atom. The minimum absolute atomic E-state index is 0.171. The summed E-state index contributed by atoms with van der Waals surface area (Å²) in [5.74, 6) is -0.845. The molecule has 1 amide bonds. The van der Waals surface area contributed by atoms with E-state index in [1.165, 1.54) is 0 Å². The second kappa shape index (κ2) is 8.15. The number of ether oxygens (including phenoxy) is 1. The first kappa shape index (κ1) is 18.7. The Morgan fingerprint density at radius 3 is 2.69 bits per heavy atom. The minimum Gasteiger partial charge on any atom is -0.461 e. The molecule has 0 spiro atoms. The van der Waals surface area contributed by atoms with Gasteiger partial charge in [0.05, 0.1) is 23.4 Å². The Labute approximate surface area is 170 Å². The number of rotatable bonds is 5. The Bertz CT molecular complexity index is 1190. The van der Waals surface area contributed by atoms with E-state index in [-0.39, 0.29) is 18.2 Å². The van der Waals surface area contributed by atoms with Crippen molar-refractivity contribution in [3.8, 4) is 11.3 Å².